The van der Waals surface area contributed by atoms with Gasteiger partial charge in [-0.2, -0.15) is 0 Å². The van der Waals surface area contributed by atoms with E-state index < -0.39 is 12.0 Å². The first-order valence-corrected chi connectivity index (χ1v) is 12.3. The summed E-state index contributed by atoms with van der Waals surface area (Å²) in [7, 11) is 0. The number of nitrogens with one attached hydrogen (secondary N) is 2. The van der Waals surface area contributed by atoms with Gasteiger partial charge in [-0.3, -0.25) is 14.4 Å². The number of rotatable bonds is 13. The van der Waals surface area contributed by atoms with Gasteiger partial charge in [-0.05, 0) is 37.0 Å². The van der Waals surface area contributed by atoms with Crippen LogP contribution in [0.2, 0.25) is 0 Å². The highest BCUT2D eigenvalue weighted by molar-refractivity contribution is 5.93. The average Bonchev–Trinajstić information content (AvgIpc) is 2.87. The smallest absolute Gasteiger partial charge is 0.308 e. The van der Waals surface area contributed by atoms with Crippen LogP contribution >= 0.6 is 0 Å². The molecule has 2 amide bonds. The molecule has 1 aliphatic heterocycles. The van der Waals surface area contributed by atoms with Crippen LogP contribution in [0.5, 0.6) is 5.75 Å². The first kappa shape index (κ1) is 26.1. The number of carbonyl (C=O) groups excluding carboxylic acids is 3. The zero-order chi connectivity index (χ0) is 24.9. The number of para-hydroxylation sites is 2. The lowest BCUT2D eigenvalue weighted by Gasteiger charge is -2.34. The fourth-order valence-electron chi connectivity index (χ4n) is 3.88. The summed E-state index contributed by atoms with van der Waals surface area (Å²) in [5.74, 6) is -0.398. The average molecular weight is 482 g/mol. The Morgan fingerprint density at radius 3 is 2.63 bits per heavy atom. The van der Waals surface area contributed by atoms with E-state index in [0.29, 0.717) is 37.7 Å². The molecule has 188 valence electrons. The summed E-state index contributed by atoms with van der Waals surface area (Å²) in [6.45, 7) is 3.56. The molecular formula is C27H35N3O5. The van der Waals surface area contributed by atoms with Gasteiger partial charge in [-0.25, -0.2) is 0 Å². The number of esters is 1. The Bertz CT molecular complexity index is 966. The third kappa shape index (κ3) is 8.31. The predicted octanol–water partition coefficient (Wildman–Crippen LogP) is 3.17. The van der Waals surface area contributed by atoms with E-state index in [1.165, 1.54) is 10.5 Å². The van der Waals surface area contributed by atoms with Crippen molar-refractivity contribution < 1.29 is 23.9 Å². The second-order valence-corrected chi connectivity index (χ2v) is 8.46. The number of hydrogen-bond acceptors (Lipinski definition) is 6. The molecule has 0 radical (unpaired) electrons. The second-order valence-electron chi connectivity index (χ2n) is 8.46. The van der Waals surface area contributed by atoms with Crippen molar-refractivity contribution in [2.24, 2.45) is 0 Å². The van der Waals surface area contributed by atoms with Crippen molar-refractivity contribution in [2.45, 2.75) is 45.1 Å². The van der Waals surface area contributed by atoms with Gasteiger partial charge in [0.15, 0.2) is 0 Å². The SMILES string of the molecule is CCCCOC(=O)CC1C(=O)NCCN1C(=O)CNc1ccccc1OCCCc1ccccc1. The molecule has 35 heavy (non-hydrogen) atoms. The molecule has 2 aromatic carbocycles. The van der Waals surface area contributed by atoms with Gasteiger partial charge in [0.05, 0.1) is 31.9 Å². The van der Waals surface area contributed by atoms with E-state index in [4.69, 9.17) is 9.47 Å². The van der Waals surface area contributed by atoms with E-state index in [2.05, 4.69) is 22.8 Å². The molecule has 2 N–H and O–H groups in total. The molecule has 0 saturated carbocycles. The van der Waals surface area contributed by atoms with Crippen LogP contribution in [0.25, 0.3) is 0 Å². The van der Waals surface area contributed by atoms with Crippen molar-refractivity contribution in [2.75, 3.05) is 38.2 Å². The zero-order valence-electron chi connectivity index (χ0n) is 20.3. The maximum absolute atomic E-state index is 13.0. The lowest BCUT2D eigenvalue weighted by molar-refractivity contribution is -0.151. The molecule has 1 atom stereocenters. The van der Waals surface area contributed by atoms with Crippen LogP contribution in [0, 0.1) is 0 Å². The summed E-state index contributed by atoms with van der Waals surface area (Å²) < 4.78 is 11.2. The van der Waals surface area contributed by atoms with E-state index in [9.17, 15) is 14.4 Å². The monoisotopic (exact) mass is 481 g/mol. The Hall–Kier alpha value is -3.55. The van der Waals surface area contributed by atoms with Crippen LogP contribution < -0.4 is 15.4 Å². The molecule has 1 aliphatic rings. The second kappa shape index (κ2) is 14.0. The Morgan fingerprint density at radius 1 is 1.06 bits per heavy atom. The van der Waals surface area contributed by atoms with Crippen molar-refractivity contribution in [3.63, 3.8) is 0 Å². The molecular weight excluding hydrogens is 446 g/mol. The Kier molecular flexibility index (Phi) is 10.4. The van der Waals surface area contributed by atoms with Crippen molar-refractivity contribution in [1.29, 1.82) is 0 Å². The van der Waals surface area contributed by atoms with E-state index in [0.717, 1.165) is 25.7 Å². The van der Waals surface area contributed by atoms with E-state index >= 15 is 0 Å². The minimum absolute atomic E-state index is 0.0148. The Balaban J connectivity index is 1.51. The van der Waals surface area contributed by atoms with Crippen LogP contribution in [0.3, 0.4) is 0 Å². The van der Waals surface area contributed by atoms with Crippen LogP contribution in [-0.2, 0) is 25.5 Å². The molecule has 0 aromatic heterocycles. The van der Waals surface area contributed by atoms with Crippen molar-refractivity contribution >= 4 is 23.5 Å². The number of unbranched alkanes of at least 4 members (excludes halogenated alkanes) is 1. The van der Waals surface area contributed by atoms with Crippen molar-refractivity contribution in [1.82, 2.24) is 10.2 Å². The third-order valence-corrected chi connectivity index (χ3v) is 5.80. The summed E-state index contributed by atoms with van der Waals surface area (Å²) in [5, 5.41) is 5.87. The molecule has 3 rings (SSSR count). The van der Waals surface area contributed by atoms with Gasteiger partial charge in [0, 0.05) is 13.1 Å². The van der Waals surface area contributed by atoms with Crippen molar-refractivity contribution in [3.8, 4) is 5.75 Å². The highest BCUT2D eigenvalue weighted by Gasteiger charge is 2.35. The van der Waals surface area contributed by atoms with Crippen LogP contribution in [0.4, 0.5) is 5.69 Å². The normalized spacial score (nSPS) is 15.3. The molecule has 8 heteroatoms. The first-order chi connectivity index (χ1) is 17.1. The fourth-order valence-corrected chi connectivity index (χ4v) is 3.88. The number of amides is 2. The molecule has 0 bridgehead atoms. The number of carbonyl (C=O) groups is 3. The number of aryl methyl sites for hydroxylation is 1. The standard InChI is InChI=1S/C27H35N3O5/c1-2-3-17-35-26(32)19-23-27(33)28-15-16-30(23)25(31)20-29-22-13-7-8-14-24(22)34-18-9-12-21-10-5-4-6-11-21/h4-8,10-11,13-14,23,29H,2-3,9,12,15-20H2,1H3,(H,28,33). The predicted molar refractivity (Wildman–Crippen MR) is 134 cm³/mol. The van der Waals surface area contributed by atoms with Gasteiger partial charge in [-0.1, -0.05) is 55.8 Å². The van der Waals surface area contributed by atoms with Gasteiger partial charge < -0.3 is 25.0 Å². The maximum Gasteiger partial charge on any atom is 0.308 e. The van der Waals surface area contributed by atoms with E-state index in [-0.39, 0.29) is 24.8 Å². The third-order valence-electron chi connectivity index (χ3n) is 5.80. The lowest BCUT2D eigenvalue weighted by atomic mass is 10.1. The number of benzene rings is 2. The largest absolute Gasteiger partial charge is 0.491 e. The summed E-state index contributed by atoms with van der Waals surface area (Å²) in [6, 6.07) is 16.8. The summed E-state index contributed by atoms with van der Waals surface area (Å²) in [5.41, 5.74) is 1.97. The van der Waals surface area contributed by atoms with E-state index in [1.807, 2.05) is 49.4 Å². The summed E-state index contributed by atoms with van der Waals surface area (Å²) >= 11 is 0. The van der Waals surface area contributed by atoms with Crippen LogP contribution in [-0.4, -0.2) is 61.6 Å². The van der Waals surface area contributed by atoms with Gasteiger partial charge in [0.2, 0.25) is 11.8 Å². The minimum Gasteiger partial charge on any atom is -0.491 e. The summed E-state index contributed by atoms with van der Waals surface area (Å²) in [6.07, 6.45) is 3.32. The molecule has 1 heterocycles. The fraction of sp³-hybridized carbons (Fsp3) is 0.444. The maximum atomic E-state index is 13.0. The van der Waals surface area contributed by atoms with Gasteiger partial charge in [0.25, 0.3) is 0 Å². The van der Waals surface area contributed by atoms with Crippen molar-refractivity contribution in [3.05, 3.63) is 60.2 Å². The molecule has 0 aliphatic carbocycles. The number of anilines is 1. The Labute approximate surface area is 207 Å². The number of ether oxygens (including phenoxy) is 2. The van der Waals surface area contributed by atoms with Gasteiger partial charge >= 0.3 is 5.97 Å². The van der Waals surface area contributed by atoms with Gasteiger partial charge in [0.1, 0.15) is 11.8 Å². The highest BCUT2D eigenvalue weighted by Crippen LogP contribution is 2.24. The van der Waals surface area contributed by atoms with Crippen LogP contribution in [0.1, 0.15) is 38.2 Å². The van der Waals surface area contributed by atoms with E-state index in [1.54, 1.807) is 0 Å². The number of hydrogen-bond donors (Lipinski definition) is 2. The van der Waals surface area contributed by atoms with Gasteiger partial charge in [-0.15, -0.1) is 0 Å². The zero-order valence-corrected chi connectivity index (χ0v) is 20.3. The molecule has 1 saturated heterocycles. The Morgan fingerprint density at radius 2 is 1.83 bits per heavy atom. The molecule has 8 nitrogen and oxygen atoms in total. The molecule has 1 fully saturated rings. The first-order valence-electron chi connectivity index (χ1n) is 12.3. The quantitative estimate of drug-likeness (QED) is 0.337. The molecule has 2 aromatic rings. The molecule has 1 unspecified atom stereocenters. The number of nitrogens with zero attached hydrogens (tertiary/aromatic N) is 1. The topological polar surface area (TPSA) is 97.0 Å². The lowest BCUT2D eigenvalue weighted by Crippen LogP contribution is -2.58. The van der Waals surface area contributed by atoms with Crippen LogP contribution in [0.15, 0.2) is 54.6 Å². The highest BCUT2D eigenvalue weighted by atomic mass is 16.5. The summed E-state index contributed by atoms with van der Waals surface area (Å²) in [4.78, 5) is 39.0. The number of piperazine rings is 1. The molecule has 0 spiro atoms. The minimum atomic E-state index is -0.864.